The fourth-order valence-corrected chi connectivity index (χ4v) is 3.58. The number of fused-ring (bicyclic) bond motifs is 1. The van der Waals surface area contributed by atoms with Gasteiger partial charge in [-0.15, -0.1) is 0 Å². The number of rotatable bonds is 4. The summed E-state index contributed by atoms with van der Waals surface area (Å²) in [7, 11) is 1.92. The second kappa shape index (κ2) is 7.13. The molecule has 0 atom stereocenters. The third kappa shape index (κ3) is 3.59. The molecule has 0 bridgehead atoms. The zero-order valence-corrected chi connectivity index (χ0v) is 16.1. The molecule has 0 amide bonds. The van der Waals surface area contributed by atoms with E-state index in [-0.39, 0.29) is 5.82 Å². The number of anilines is 2. The summed E-state index contributed by atoms with van der Waals surface area (Å²) < 4.78 is 15.0. The first kappa shape index (κ1) is 17.7. The van der Waals surface area contributed by atoms with Gasteiger partial charge in [-0.05, 0) is 30.2 Å². The molecule has 3 heterocycles. The van der Waals surface area contributed by atoms with Crippen LogP contribution in [-0.4, -0.2) is 45.9 Å². The Morgan fingerprint density at radius 2 is 1.67 bits per heavy atom. The standard InChI is InChI=1S/C20H25FN6/c1-14(2)12-18-23-19-17(13-22-25(19)3)20(24-18)27-10-8-26(9-11-27)16-6-4-15(21)5-7-16/h4-7,13-14H,8-12H2,1-3H3. The van der Waals surface area contributed by atoms with Crippen molar-refractivity contribution in [2.75, 3.05) is 36.0 Å². The van der Waals surface area contributed by atoms with Gasteiger partial charge >= 0.3 is 0 Å². The molecule has 3 aromatic rings. The Labute approximate surface area is 158 Å². The number of piperazine rings is 1. The van der Waals surface area contributed by atoms with Gasteiger partial charge in [0.2, 0.25) is 0 Å². The predicted molar refractivity (Wildman–Crippen MR) is 106 cm³/mol. The smallest absolute Gasteiger partial charge is 0.163 e. The molecule has 0 N–H and O–H groups in total. The van der Waals surface area contributed by atoms with Gasteiger partial charge in [-0.25, -0.2) is 14.4 Å². The maximum Gasteiger partial charge on any atom is 0.163 e. The van der Waals surface area contributed by atoms with Crippen molar-refractivity contribution in [3.8, 4) is 0 Å². The molecule has 1 saturated heterocycles. The molecule has 0 unspecified atom stereocenters. The highest BCUT2D eigenvalue weighted by Gasteiger charge is 2.22. The van der Waals surface area contributed by atoms with E-state index in [1.165, 1.54) is 12.1 Å². The monoisotopic (exact) mass is 368 g/mol. The summed E-state index contributed by atoms with van der Waals surface area (Å²) in [6.45, 7) is 7.82. The van der Waals surface area contributed by atoms with Gasteiger partial charge in [0.15, 0.2) is 5.65 Å². The Hall–Kier alpha value is -2.70. The van der Waals surface area contributed by atoms with Crippen LogP contribution in [-0.2, 0) is 13.5 Å². The van der Waals surface area contributed by atoms with Crippen LogP contribution in [0, 0.1) is 11.7 Å². The van der Waals surface area contributed by atoms with E-state index in [2.05, 4.69) is 28.7 Å². The minimum absolute atomic E-state index is 0.199. The third-order valence-electron chi connectivity index (χ3n) is 4.98. The molecule has 1 aromatic carbocycles. The molecule has 7 heteroatoms. The van der Waals surface area contributed by atoms with Crippen LogP contribution in [0.4, 0.5) is 15.9 Å². The fraction of sp³-hybridized carbons (Fsp3) is 0.450. The van der Waals surface area contributed by atoms with Crippen molar-refractivity contribution in [1.29, 1.82) is 0 Å². The van der Waals surface area contributed by atoms with E-state index in [1.54, 1.807) is 0 Å². The molecule has 1 fully saturated rings. The minimum Gasteiger partial charge on any atom is -0.368 e. The number of benzene rings is 1. The van der Waals surface area contributed by atoms with Gasteiger partial charge in [-0.1, -0.05) is 13.8 Å². The van der Waals surface area contributed by atoms with E-state index in [0.29, 0.717) is 5.92 Å². The number of aromatic nitrogens is 4. The van der Waals surface area contributed by atoms with E-state index in [1.807, 2.05) is 30.1 Å². The molecule has 0 radical (unpaired) electrons. The zero-order valence-electron chi connectivity index (χ0n) is 16.1. The van der Waals surface area contributed by atoms with Crippen LogP contribution in [0.1, 0.15) is 19.7 Å². The summed E-state index contributed by atoms with van der Waals surface area (Å²) in [5, 5.41) is 5.38. The van der Waals surface area contributed by atoms with E-state index in [9.17, 15) is 4.39 Å². The van der Waals surface area contributed by atoms with Crippen molar-refractivity contribution >= 4 is 22.5 Å². The number of aryl methyl sites for hydroxylation is 1. The highest BCUT2D eigenvalue weighted by Crippen LogP contribution is 2.26. The molecule has 0 spiro atoms. The van der Waals surface area contributed by atoms with E-state index in [0.717, 1.165) is 61.0 Å². The van der Waals surface area contributed by atoms with Crippen LogP contribution >= 0.6 is 0 Å². The Kier molecular flexibility index (Phi) is 4.68. The van der Waals surface area contributed by atoms with E-state index < -0.39 is 0 Å². The Bertz CT molecular complexity index is 926. The van der Waals surface area contributed by atoms with Gasteiger partial charge < -0.3 is 9.80 Å². The molecule has 0 aliphatic carbocycles. The predicted octanol–water partition coefficient (Wildman–Crippen LogP) is 3.03. The van der Waals surface area contributed by atoms with Crippen LogP contribution in [0.5, 0.6) is 0 Å². The largest absolute Gasteiger partial charge is 0.368 e. The molecular formula is C20H25FN6. The third-order valence-corrected chi connectivity index (χ3v) is 4.98. The Morgan fingerprint density at radius 1 is 1.00 bits per heavy atom. The van der Waals surface area contributed by atoms with Gasteiger partial charge in [0, 0.05) is 45.3 Å². The maximum absolute atomic E-state index is 13.2. The van der Waals surface area contributed by atoms with Crippen LogP contribution in [0.15, 0.2) is 30.5 Å². The molecule has 1 aliphatic rings. The molecule has 27 heavy (non-hydrogen) atoms. The normalized spacial score (nSPS) is 15.1. The van der Waals surface area contributed by atoms with Crippen molar-refractivity contribution in [1.82, 2.24) is 19.7 Å². The highest BCUT2D eigenvalue weighted by atomic mass is 19.1. The van der Waals surface area contributed by atoms with Crippen molar-refractivity contribution in [2.24, 2.45) is 13.0 Å². The lowest BCUT2D eigenvalue weighted by Crippen LogP contribution is -2.47. The quantitative estimate of drug-likeness (QED) is 0.708. The molecule has 142 valence electrons. The summed E-state index contributed by atoms with van der Waals surface area (Å²) in [4.78, 5) is 14.2. The van der Waals surface area contributed by atoms with Gasteiger partial charge in [0.25, 0.3) is 0 Å². The Balaban J connectivity index is 1.58. The number of hydrogen-bond donors (Lipinski definition) is 0. The first-order valence-corrected chi connectivity index (χ1v) is 9.45. The average molecular weight is 368 g/mol. The molecule has 1 aliphatic heterocycles. The summed E-state index contributed by atoms with van der Waals surface area (Å²) in [6.07, 6.45) is 2.71. The van der Waals surface area contributed by atoms with Gasteiger partial charge in [0.1, 0.15) is 17.5 Å². The summed E-state index contributed by atoms with van der Waals surface area (Å²) in [6, 6.07) is 6.72. The van der Waals surface area contributed by atoms with Crippen LogP contribution < -0.4 is 9.80 Å². The van der Waals surface area contributed by atoms with Gasteiger partial charge in [-0.2, -0.15) is 5.10 Å². The first-order valence-electron chi connectivity index (χ1n) is 9.45. The van der Waals surface area contributed by atoms with Gasteiger partial charge in [-0.3, -0.25) is 4.68 Å². The van der Waals surface area contributed by atoms with Crippen LogP contribution in [0.2, 0.25) is 0 Å². The summed E-state index contributed by atoms with van der Waals surface area (Å²) in [5.74, 6) is 2.15. The molecule has 6 nitrogen and oxygen atoms in total. The topological polar surface area (TPSA) is 50.1 Å². The van der Waals surface area contributed by atoms with Crippen molar-refractivity contribution in [3.63, 3.8) is 0 Å². The lowest BCUT2D eigenvalue weighted by molar-refractivity contribution is 0.612. The van der Waals surface area contributed by atoms with Crippen molar-refractivity contribution in [2.45, 2.75) is 20.3 Å². The molecule has 2 aromatic heterocycles. The second-order valence-corrected chi connectivity index (χ2v) is 7.52. The molecule has 0 saturated carbocycles. The summed E-state index contributed by atoms with van der Waals surface area (Å²) >= 11 is 0. The van der Waals surface area contributed by atoms with Crippen molar-refractivity contribution in [3.05, 3.63) is 42.1 Å². The molecular weight excluding hydrogens is 343 g/mol. The summed E-state index contributed by atoms with van der Waals surface area (Å²) in [5.41, 5.74) is 1.95. The highest BCUT2D eigenvalue weighted by molar-refractivity contribution is 5.87. The maximum atomic E-state index is 13.2. The minimum atomic E-state index is -0.199. The van der Waals surface area contributed by atoms with E-state index >= 15 is 0 Å². The number of nitrogens with zero attached hydrogens (tertiary/aromatic N) is 6. The second-order valence-electron chi connectivity index (χ2n) is 7.52. The van der Waals surface area contributed by atoms with Crippen molar-refractivity contribution < 1.29 is 4.39 Å². The van der Waals surface area contributed by atoms with Crippen LogP contribution in [0.25, 0.3) is 11.0 Å². The van der Waals surface area contributed by atoms with Crippen LogP contribution in [0.3, 0.4) is 0 Å². The Morgan fingerprint density at radius 3 is 2.33 bits per heavy atom. The lowest BCUT2D eigenvalue weighted by atomic mass is 10.1. The lowest BCUT2D eigenvalue weighted by Gasteiger charge is -2.37. The van der Waals surface area contributed by atoms with E-state index in [4.69, 9.17) is 9.97 Å². The molecule has 4 rings (SSSR count). The zero-order chi connectivity index (χ0) is 19.0. The number of hydrogen-bond acceptors (Lipinski definition) is 5. The average Bonchev–Trinajstić information content (AvgIpc) is 3.02. The number of halogens is 1. The fourth-order valence-electron chi connectivity index (χ4n) is 3.58. The van der Waals surface area contributed by atoms with Gasteiger partial charge in [0.05, 0.1) is 11.6 Å². The first-order chi connectivity index (χ1) is 13.0. The SMILES string of the molecule is CC(C)Cc1nc(N2CCN(c3ccc(F)cc3)CC2)c2cnn(C)c2n1.